The van der Waals surface area contributed by atoms with Crippen molar-refractivity contribution in [3.05, 3.63) is 35.6 Å². The highest BCUT2D eigenvalue weighted by Gasteiger charge is 2.01. The van der Waals surface area contributed by atoms with E-state index >= 15 is 0 Å². The molecule has 1 aromatic rings. The van der Waals surface area contributed by atoms with Gasteiger partial charge in [0.15, 0.2) is 5.96 Å². The SMILES string of the molecule is CN=C(NCCCCCC(=O)OC)NCc1ccc(F)cc1.I. The summed E-state index contributed by atoms with van der Waals surface area (Å²) in [6, 6.07) is 6.36. The molecule has 0 saturated heterocycles. The van der Waals surface area contributed by atoms with Gasteiger partial charge in [0.25, 0.3) is 0 Å². The average Bonchev–Trinajstić information content (AvgIpc) is 2.54. The molecule has 0 aliphatic heterocycles. The summed E-state index contributed by atoms with van der Waals surface area (Å²) in [4.78, 5) is 15.1. The highest BCUT2D eigenvalue weighted by Crippen LogP contribution is 2.02. The predicted molar refractivity (Wildman–Crippen MR) is 101 cm³/mol. The lowest BCUT2D eigenvalue weighted by Crippen LogP contribution is -2.37. The van der Waals surface area contributed by atoms with Crippen LogP contribution >= 0.6 is 24.0 Å². The Balaban J connectivity index is 0.00000484. The number of hydrogen-bond donors (Lipinski definition) is 2. The summed E-state index contributed by atoms with van der Waals surface area (Å²) < 4.78 is 17.4. The van der Waals surface area contributed by atoms with Crippen molar-refractivity contribution in [1.29, 1.82) is 0 Å². The number of nitrogens with zero attached hydrogens (tertiary/aromatic N) is 1. The molecule has 0 aromatic heterocycles. The van der Waals surface area contributed by atoms with Crippen molar-refractivity contribution in [3.63, 3.8) is 0 Å². The number of esters is 1. The van der Waals surface area contributed by atoms with E-state index in [9.17, 15) is 9.18 Å². The zero-order valence-electron chi connectivity index (χ0n) is 13.6. The molecule has 0 unspecified atom stereocenters. The molecule has 0 aliphatic carbocycles. The molecule has 2 N–H and O–H groups in total. The highest BCUT2D eigenvalue weighted by atomic mass is 127. The van der Waals surface area contributed by atoms with Gasteiger partial charge in [-0.15, -0.1) is 24.0 Å². The smallest absolute Gasteiger partial charge is 0.305 e. The molecule has 7 heteroatoms. The fourth-order valence-corrected chi connectivity index (χ4v) is 1.89. The molecular formula is C16H25FIN3O2. The van der Waals surface area contributed by atoms with Crippen LogP contribution in [0.1, 0.15) is 31.2 Å². The number of halogens is 2. The number of nitrogens with one attached hydrogen (secondary N) is 2. The maximum atomic E-state index is 12.8. The quantitative estimate of drug-likeness (QED) is 0.216. The summed E-state index contributed by atoms with van der Waals surface area (Å²) in [5.74, 6) is 0.306. The predicted octanol–water partition coefficient (Wildman–Crippen LogP) is 2.84. The first-order chi connectivity index (χ1) is 10.7. The van der Waals surface area contributed by atoms with E-state index < -0.39 is 0 Å². The van der Waals surface area contributed by atoms with Crippen molar-refractivity contribution in [2.24, 2.45) is 4.99 Å². The van der Waals surface area contributed by atoms with Crippen LogP contribution in [0.3, 0.4) is 0 Å². The fraction of sp³-hybridized carbons (Fsp3) is 0.500. The van der Waals surface area contributed by atoms with E-state index in [0.29, 0.717) is 18.9 Å². The second-order valence-corrected chi connectivity index (χ2v) is 4.87. The number of aliphatic imine (C=N–C) groups is 1. The molecule has 0 aliphatic rings. The van der Waals surface area contributed by atoms with Crippen LogP contribution in [0, 0.1) is 5.82 Å². The summed E-state index contributed by atoms with van der Waals surface area (Å²) in [5.41, 5.74) is 0.988. The van der Waals surface area contributed by atoms with Crippen molar-refractivity contribution in [1.82, 2.24) is 10.6 Å². The number of guanidine groups is 1. The molecule has 0 amide bonds. The van der Waals surface area contributed by atoms with Crippen molar-refractivity contribution in [3.8, 4) is 0 Å². The van der Waals surface area contributed by atoms with Gasteiger partial charge < -0.3 is 15.4 Å². The topological polar surface area (TPSA) is 62.7 Å². The fourth-order valence-electron chi connectivity index (χ4n) is 1.89. The maximum Gasteiger partial charge on any atom is 0.305 e. The average molecular weight is 437 g/mol. The van der Waals surface area contributed by atoms with Gasteiger partial charge in [-0.1, -0.05) is 18.6 Å². The van der Waals surface area contributed by atoms with E-state index in [1.54, 1.807) is 19.2 Å². The van der Waals surface area contributed by atoms with Crippen LogP contribution in [0.15, 0.2) is 29.3 Å². The van der Waals surface area contributed by atoms with Gasteiger partial charge in [-0.3, -0.25) is 9.79 Å². The number of ether oxygens (including phenoxy) is 1. The monoisotopic (exact) mass is 437 g/mol. The molecule has 5 nitrogen and oxygen atoms in total. The molecule has 0 radical (unpaired) electrons. The first-order valence-electron chi connectivity index (χ1n) is 7.41. The number of methoxy groups -OCH3 is 1. The van der Waals surface area contributed by atoms with Crippen LogP contribution in [-0.2, 0) is 16.1 Å². The lowest BCUT2D eigenvalue weighted by molar-refractivity contribution is -0.140. The highest BCUT2D eigenvalue weighted by molar-refractivity contribution is 14.0. The summed E-state index contributed by atoms with van der Waals surface area (Å²) >= 11 is 0. The zero-order valence-corrected chi connectivity index (χ0v) is 15.9. The van der Waals surface area contributed by atoms with Crippen LogP contribution in [0.2, 0.25) is 0 Å². The van der Waals surface area contributed by atoms with Crippen LogP contribution in [0.25, 0.3) is 0 Å². The van der Waals surface area contributed by atoms with Crippen molar-refractivity contribution < 1.29 is 13.9 Å². The van der Waals surface area contributed by atoms with Gasteiger partial charge in [-0.25, -0.2) is 4.39 Å². The lowest BCUT2D eigenvalue weighted by atomic mass is 10.2. The minimum atomic E-state index is -0.238. The molecule has 0 atom stereocenters. The Morgan fingerprint density at radius 3 is 2.48 bits per heavy atom. The summed E-state index contributed by atoms with van der Waals surface area (Å²) in [6.45, 7) is 1.37. The van der Waals surface area contributed by atoms with E-state index in [2.05, 4.69) is 20.4 Å². The normalized spacial score (nSPS) is 10.7. The van der Waals surface area contributed by atoms with Gasteiger partial charge >= 0.3 is 5.97 Å². The molecule has 0 bridgehead atoms. The zero-order chi connectivity index (χ0) is 16.2. The molecule has 23 heavy (non-hydrogen) atoms. The number of rotatable bonds is 8. The number of unbranched alkanes of at least 4 members (excludes halogenated alkanes) is 2. The largest absolute Gasteiger partial charge is 0.469 e. The first-order valence-corrected chi connectivity index (χ1v) is 7.41. The Hall–Kier alpha value is -1.38. The standard InChI is InChI=1S/C16H24FN3O2.HI/c1-18-16(19-11-5-3-4-6-15(21)22-2)20-12-13-7-9-14(17)10-8-13;/h7-10H,3-6,11-12H2,1-2H3,(H2,18,19,20);1H. The van der Waals surface area contributed by atoms with Gasteiger partial charge in [0.2, 0.25) is 0 Å². The molecule has 1 rings (SSSR count). The van der Waals surface area contributed by atoms with E-state index in [1.807, 2.05) is 0 Å². The van der Waals surface area contributed by atoms with Crippen LogP contribution in [0.5, 0.6) is 0 Å². The summed E-state index contributed by atoms with van der Waals surface area (Å²) in [5, 5.41) is 6.37. The third-order valence-electron chi connectivity index (χ3n) is 3.17. The minimum Gasteiger partial charge on any atom is -0.469 e. The van der Waals surface area contributed by atoms with Crippen molar-refractivity contribution in [2.75, 3.05) is 20.7 Å². The molecule has 0 heterocycles. The molecule has 0 spiro atoms. The van der Waals surface area contributed by atoms with Crippen molar-refractivity contribution in [2.45, 2.75) is 32.2 Å². The molecule has 0 fully saturated rings. The van der Waals surface area contributed by atoms with E-state index in [-0.39, 0.29) is 35.8 Å². The molecular weight excluding hydrogens is 412 g/mol. The number of carbonyl (C=O) groups excluding carboxylic acids is 1. The molecule has 1 aromatic carbocycles. The van der Waals surface area contributed by atoms with Crippen molar-refractivity contribution >= 4 is 35.9 Å². The van der Waals surface area contributed by atoms with Gasteiger partial charge in [0.1, 0.15) is 5.82 Å². The van der Waals surface area contributed by atoms with Gasteiger partial charge in [0.05, 0.1) is 7.11 Å². The number of benzene rings is 1. The maximum absolute atomic E-state index is 12.8. The van der Waals surface area contributed by atoms with Gasteiger partial charge in [-0.2, -0.15) is 0 Å². The number of carbonyl (C=O) groups is 1. The van der Waals surface area contributed by atoms with Gasteiger partial charge in [0, 0.05) is 26.6 Å². The minimum absolute atomic E-state index is 0. The van der Waals surface area contributed by atoms with Gasteiger partial charge in [-0.05, 0) is 30.5 Å². The summed E-state index contributed by atoms with van der Waals surface area (Å²) in [6.07, 6.45) is 3.20. The Morgan fingerprint density at radius 1 is 1.17 bits per heavy atom. The summed E-state index contributed by atoms with van der Waals surface area (Å²) in [7, 11) is 3.11. The first kappa shape index (κ1) is 21.6. The third kappa shape index (κ3) is 10.1. The Kier molecular flexibility index (Phi) is 12.3. The van der Waals surface area contributed by atoms with Crippen LogP contribution in [0.4, 0.5) is 4.39 Å². The lowest BCUT2D eigenvalue weighted by Gasteiger charge is -2.11. The number of hydrogen-bond acceptors (Lipinski definition) is 3. The van der Waals surface area contributed by atoms with E-state index in [4.69, 9.17) is 0 Å². The van der Waals surface area contributed by atoms with E-state index in [0.717, 1.165) is 31.4 Å². The molecule has 0 saturated carbocycles. The Bertz CT molecular complexity index is 481. The van der Waals surface area contributed by atoms with Crippen LogP contribution in [-0.4, -0.2) is 32.6 Å². The Labute approximate surface area is 154 Å². The third-order valence-corrected chi connectivity index (χ3v) is 3.17. The molecule has 130 valence electrons. The second-order valence-electron chi connectivity index (χ2n) is 4.87. The van der Waals surface area contributed by atoms with E-state index in [1.165, 1.54) is 19.2 Å². The second kappa shape index (κ2) is 13.1. The Morgan fingerprint density at radius 2 is 1.87 bits per heavy atom. The van der Waals surface area contributed by atoms with Crippen LogP contribution < -0.4 is 10.6 Å².